The molecule has 26 heavy (non-hydrogen) atoms. The highest BCUT2D eigenvalue weighted by atomic mass is 16.2. The Morgan fingerprint density at radius 3 is 2.04 bits per heavy atom. The lowest BCUT2D eigenvalue weighted by Gasteiger charge is -2.56. The fourth-order valence-electron chi connectivity index (χ4n) is 5.88. The van der Waals surface area contributed by atoms with Gasteiger partial charge in [-0.1, -0.05) is 18.2 Å². The van der Waals surface area contributed by atoms with Gasteiger partial charge in [0, 0.05) is 25.2 Å². The number of carbonyl (C=O) groups is 2. The van der Waals surface area contributed by atoms with E-state index >= 15 is 0 Å². The monoisotopic (exact) mass is 355 g/mol. The maximum atomic E-state index is 12.1. The molecule has 5 nitrogen and oxygen atoms in total. The Kier molecular flexibility index (Phi) is 4.88. The molecule has 3 amide bonds. The highest BCUT2D eigenvalue weighted by molar-refractivity contribution is 5.94. The van der Waals surface area contributed by atoms with E-state index in [1.165, 1.54) is 38.5 Å². The van der Waals surface area contributed by atoms with Crippen LogP contribution in [0, 0.1) is 23.2 Å². The average Bonchev–Trinajstić information content (AvgIpc) is 2.63. The third-order valence-electron chi connectivity index (χ3n) is 6.52. The molecule has 0 atom stereocenters. The number of hydrogen-bond acceptors (Lipinski definition) is 2. The predicted molar refractivity (Wildman–Crippen MR) is 101 cm³/mol. The molecule has 4 saturated carbocycles. The number of benzene rings is 1. The van der Waals surface area contributed by atoms with Crippen LogP contribution in [-0.4, -0.2) is 31.6 Å². The topological polar surface area (TPSA) is 70.2 Å². The van der Waals surface area contributed by atoms with Gasteiger partial charge in [-0.25, -0.2) is 4.79 Å². The molecule has 0 aliphatic heterocycles. The molecule has 1 aromatic carbocycles. The summed E-state index contributed by atoms with van der Waals surface area (Å²) in [7, 11) is 0. The van der Waals surface area contributed by atoms with Crippen LogP contribution in [0.15, 0.2) is 30.3 Å². The molecule has 0 radical (unpaired) electrons. The minimum absolute atomic E-state index is 0.110. The lowest BCUT2D eigenvalue weighted by atomic mass is 9.49. The van der Waals surface area contributed by atoms with Gasteiger partial charge in [-0.05, 0) is 73.8 Å². The Hall–Kier alpha value is -2.04. The normalized spacial score (nSPS) is 31.5. The summed E-state index contributed by atoms with van der Waals surface area (Å²) in [5.41, 5.74) is 0.993. The number of carbonyl (C=O) groups excluding carboxylic acids is 2. The molecule has 4 bridgehead atoms. The molecule has 1 aromatic rings. The Morgan fingerprint density at radius 2 is 1.42 bits per heavy atom. The summed E-state index contributed by atoms with van der Waals surface area (Å²) < 4.78 is 0. The first-order valence-corrected chi connectivity index (χ1v) is 9.97. The first-order valence-electron chi connectivity index (χ1n) is 9.97. The molecule has 5 rings (SSSR count). The van der Waals surface area contributed by atoms with Crippen molar-refractivity contribution in [2.45, 2.75) is 38.5 Å². The lowest BCUT2D eigenvalue weighted by Crippen LogP contribution is -2.52. The number of nitrogens with one attached hydrogen (secondary N) is 3. The molecule has 0 saturated heterocycles. The summed E-state index contributed by atoms with van der Waals surface area (Å²) in [5.74, 6) is 2.60. The molecule has 0 aromatic heterocycles. The van der Waals surface area contributed by atoms with E-state index in [0.29, 0.717) is 24.1 Å². The van der Waals surface area contributed by atoms with Crippen molar-refractivity contribution in [3.63, 3.8) is 0 Å². The second-order valence-corrected chi connectivity index (χ2v) is 8.65. The number of amides is 3. The SMILES string of the molecule is O=C(NCCNC(=O)c1ccccc1)NCC12CC3CC(CC(C3)C1)C2. The predicted octanol–water partition coefficient (Wildman–Crippen LogP) is 2.93. The van der Waals surface area contributed by atoms with Crippen LogP contribution in [0.2, 0.25) is 0 Å². The van der Waals surface area contributed by atoms with Gasteiger partial charge >= 0.3 is 6.03 Å². The van der Waals surface area contributed by atoms with Crippen molar-refractivity contribution in [2.24, 2.45) is 23.2 Å². The van der Waals surface area contributed by atoms with E-state index in [9.17, 15) is 9.59 Å². The molecular formula is C21H29N3O2. The van der Waals surface area contributed by atoms with Gasteiger partial charge in [-0.15, -0.1) is 0 Å². The van der Waals surface area contributed by atoms with Crippen LogP contribution in [0.25, 0.3) is 0 Å². The average molecular weight is 355 g/mol. The van der Waals surface area contributed by atoms with Crippen molar-refractivity contribution in [1.29, 1.82) is 0 Å². The van der Waals surface area contributed by atoms with Crippen molar-refractivity contribution < 1.29 is 9.59 Å². The molecule has 4 aliphatic rings. The Morgan fingerprint density at radius 1 is 0.846 bits per heavy atom. The van der Waals surface area contributed by atoms with Crippen LogP contribution in [0.3, 0.4) is 0 Å². The smallest absolute Gasteiger partial charge is 0.314 e. The highest BCUT2D eigenvalue weighted by Crippen LogP contribution is 2.59. The minimum Gasteiger partial charge on any atom is -0.350 e. The number of urea groups is 1. The molecule has 140 valence electrons. The fraction of sp³-hybridized carbons (Fsp3) is 0.619. The van der Waals surface area contributed by atoms with Crippen LogP contribution in [0.1, 0.15) is 48.9 Å². The van der Waals surface area contributed by atoms with Crippen molar-refractivity contribution in [3.05, 3.63) is 35.9 Å². The summed E-state index contributed by atoms with van der Waals surface area (Å²) in [6.07, 6.45) is 8.16. The van der Waals surface area contributed by atoms with Crippen molar-refractivity contribution in [1.82, 2.24) is 16.0 Å². The second-order valence-electron chi connectivity index (χ2n) is 8.65. The zero-order chi connectivity index (χ0) is 18.0. The molecule has 4 aliphatic carbocycles. The van der Waals surface area contributed by atoms with Crippen LogP contribution in [0.5, 0.6) is 0 Å². The summed E-state index contributed by atoms with van der Waals surface area (Å²) in [4.78, 5) is 24.1. The van der Waals surface area contributed by atoms with Crippen molar-refractivity contribution >= 4 is 11.9 Å². The van der Waals surface area contributed by atoms with Gasteiger partial charge in [0.2, 0.25) is 0 Å². The van der Waals surface area contributed by atoms with Gasteiger partial charge in [-0.2, -0.15) is 0 Å². The van der Waals surface area contributed by atoms with Crippen molar-refractivity contribution in [3.8, 4) is 0 Å². The fourth-order valence-corrected chi connectivity index (χ4v) is 5.88. The summed E-state index contributed by atoms with van der Waals surface area (Å²) >= 11 is 0. The van der Waals surface area contributed by atoms with Gasteiger partial charge in [0.25, 0.3) is 5.91 Å². The van der Waals surface area contributed by atoms with Gasteiger partial charge < -0.3 is 16.0 Å². The first kappa shape index (κ1) is 17.4. The first-order chi connectivity index (χ1) is 12.6. The van der Waals surface area contributed by atoms with E-state index in [0.717, 1.165) is 24.3 Å². The third kappa shape index (κ3) is 3.87. The molecule has 3 N–H and O–H groups in total. The lowest BCUT2D eigenvalue weighted by molar-refractivity contribution is -0.0498. The summed E-state index contributed by atoms with van der Waals surface area (Å²) in [6.45, 7) is 1.67. The maximum Gasteiger partial charge on any atom is 0.314 e. The number of rotatable bonds is 6. The van der Waals surface area contributed by atoms with Crippen molar-refractivity contribution in [2.75, 3.05) is 19.6 Å². The maximum absolute atomic E-state index is 12.1. The third-order valence-corrected chi connectivity index (χ3v) is 6.52. The van der Waals surface area contributed by atoms with Crippen LogP contribution in [0.4, 0.5) is 4.79 Å². The molecule has 0 spiro atoms. The van der Waals surface area contributed by atoms with E-state index in [4.69, 9.17) is 0 Å². The molecular weight excluding hydrogens is 326 g/mol. The summed E-state index contributed by atoms with van der Waals surface area (Å²) in [5, 5.41) is 8.78. The van der Waals surface area contributed by atoms with Gasteiger partial charge in [-0.3, -0.25) is 4.79 Å². The van der Waals surface area contributed by atoms with E-state index in [1.807, 2.05) is 18.2 Å². The molecule has 4 fully saturated rings. The zero-order valence-electron chi connectivity index (χ0n) is 15.3. The molecule has 0 unspecified atom stereocenters. The second kappa shape index (κ2) is 7.29. The Balaban J connectivity index is 1.16. The van der Waals surface area contributed by atoms with Gasteiger partial charge in [0.05, 0.1) is 0 Å². The van der Waals surface area contributed by atoms with Crippen LogP contribution < -0.4 is 16.0 Å². The number of hydrogen-bond donors (Lipinski definition) is 3. The van der Waals surface area contributed by atoms with Crippen LogP contribution >= 0.6 is 0 Å². The minimum atomic E-state index is -0.116. The van der Waals surface area contributed by atoms with Crippen LogP contribution in [-0.2, 0) is 0 Å². The Labute approximate surface area is 155 Å². The molecule has 0 heterocycles. The Bertz CT molecular complexity index is 623. The van der Waals surface area contributed by atoms with E-state index in [1.54, 1.807) is 12.1 Å². The zero-order valence-corrected chi connectivity index (χ0v) is 15.3. The molecule has 5 heteroatoms. The largest absolute Gasteiger partial charge is 0.350 e. The van der Waals surface area contributed by atoms with E-state index in [2.05, 4.69) is 16.0 Å². The van der Waals surface area contributed by atoms with Gasteiger partial charge in [0.15, 0.2) is 0 Å². The summed E-state index contributed by atoms with van der Waals surface area (Å²) in [6, 6.07) is 9.00. The van der Waals surface area contributed by atoms with E-state index < -0.39 is 0 Å². The highest BCUT2D eigenvalue weighted by Gasteiger charge is 2.50. The quantitative estimate of drug-likeness (QED) is 0.687. The van der Waals surface area contributed by atoms with Gasteiger partial charge in [0.1, 0.15) is 0 Å². The standard InChI is InChI=1S/C21H29N3O2/c25-19(18-4-2-1-3-5-18)22-6-7-23-20(26)24-14-21-11-15-8-16(12-21)10-17(9-15)13-21/h1-5,15-17H,6-14H2,(H,22,25)(H2,23,24,26). The van der Waals surface area contributed by atoms with E-state index in [-0.39, 0.29) is 11.9 Å².